The number of aromatic nitrogens is 3. The third-order valence-electron chi connectivity index (χ3n) is 12.9. The number of rotatable bonds is 5. The second kappa shape index (κ2) is 11.5. The van der Waals surface area contributed by atoms with Crippen LogP contribution in [-0.2, 0) is 5.41 Å². The fourth-order valence-electron chi connectivity index (χ4n) is 10.9. The van der Waals surface area contributed by atoms with Crippen LogP contribution in [0.4, 0.5) is 0 Å². The quantitative estimate of drug-likeness (QED) is 0.179. The SMILES string of the molecule is c1ccc(-c2cc(C34CC5CC(CC(C5)C3)C4)ccc2-c2nc(-c3ccc4oc5ccccc5c4c3)nc(-c3ccc4oc5ccccc5c4c3)n2)cc1. The topological polar surface area (TPSA) is 65.0 Å². The molecule has 0 saturated heterocycles. The Balaban J connectivity index is 1.07. The molecule has 13 rings (SSSR count). The zero-order valence-corrected chi connectivity index (χ0v) is 29.8. The van der Waals surface area contributed by atoms with Gasteiger partial charge in [0.15, 0.2) is 17.5 Å². The highest BCUT2D eigenvalue weighted by atomic mass is 16.3. The first-order chi connectivity index (χ1) is 26.6. The summed E-state index contributed by atoms with van der Waals surface area (Å²) < 4.78 is 12.4. The smallest absolute Gasteiger partial charge is 0.164 e. The Morgan fingerprint density at radius 1 is 0.407 bits per heavy atom. The van der Waals surface area contributed by atoms with Crippen LogP contribution in [0.1, 0.15) is 44.1 Å². The maximum atomic E-state index is 6.20. The van der Waals surface area contributed by atoms with Crippen LogP contribution in [-0.4, -0.2) is 15.0 Å². The van der Waals surface area contributed by atoms with Gasteiger partial charge in [0, 0.05) is 38.2 Å². The first-order valence-corrected chi connectivity index (χ1v) is 19.4. The van der Waals surface area contributed by atoms with Gasteiger partial charge in [-0.05, 0) is 133 Å². The molecule has 3 aromatic heterocycles. The van der Waals surface area contributed by atoms with Gasteiger partial charge in [-0.25, -0.2) is 15.0 Å². The minimum absolute atomic E-state index is 0.276. The zero-order valence-electron chi connectivity index (χ0n) is 29.8. The van der Waals surface area contributed by atoms with Crippen molar-refractivity contribution in [3.05, 3.63) is 139 Å². The predicted molar refractivity (Wildman–Crippen MR) is 216 cm³/mol. The van der Waals surface area contributed by atoms with Crippen molar-refractivity contribution >= 4 is 43.9 Å². The molecule has 0 unspecified atom stereocenters. The summed E-state index contributed by atoms with van der Waals surface area (Å²) >= 11 is 0. The van der Waals surface area contributed by atoms with E-state index in [0.717, 1.165) is 78.3 Å². The van der Waals surface area contributed by atoms with Crippen LogP contribution in [0.15, 0.2) is 142 Å². The first kappa shape index (κ1) is 30.4. The second-order valence-electron chi connectivity index (χ2n) is 16.2. The Morgan fingerprint density at radius 3 is 1.48 bits per heavy atom. The van der Waals surface area contributed by atoms with Crippen LogP contribution in [0.2, 0.25) is 0 Å². The lowest BCUT2D eigenvalue weighted by Crippen LogP contribution is -2.48. The van der Waals surface area contributed by atoms with E-state index in [0.29, 0.717) is 17.5 Å². The molecule has 54 heavy (non-hydrogen) atoms. The van der Waals surface area contributed by atoms with Crippen LogP contribution in [0.25, 0.3) is 89.2 Å². The molecule has 5 nitrogen and oxygen atoms in total. The summed E-state index contributed by atoms with van der Waals surface area (Å²) in [4.78, 5) is 15.8. The van der Waals surface area contributed by atoms with Crippen molar-refractivity contribution < 1.29 is 8.83 Å². The van der Waals surface area contributed by atoms with E-state index in [1.807, 2.05) is 36.4 Å². The van der Waals surface area contributed by atoms with E-state index in [1.54, 1.807) is 0 Å². The van der Waals surface area contributed by atoms with Gasteiger partial charge in [-0.1, -0.05) is 78.9 Å². The van der Waals surface area contributed by atoms with Gasteiger partial charge < -0.3 is 8.83 Å². The molecule has 0 spiro atoms. The molecule has 4 fully saturated rings. The van der Waals surface area contributed by atoms with Crippen molar-refractivity contribution in [2.75, 3.05) is 0 Å². The molecule has 0 N–H and O–H groups in total. The Bertz CT molecular complexity index is 2770. The highest BCUT2D eigenvalue weighted by Gasteiger charge is 2.51. The summed E-state index contributed by atoms with van der Waals surface area (Å²) in [6, 6.07) is 46.9. The minimum atomic E-state index is 0.276. The number of nitrogens with zero attached hydrogens (tertiary/aromatic N) is 3. The molecular weight excluding hydrogens is 663 g/mol. The van der Waals surface area contributed by atoms with Gasteiger partial charge in [0.05, 0.1) is 0 Å². The Morgan fingerprint density at radius 2 is 0.907 bits per heavy atom. The highest BCUT2D eigenvalue weighted by Crippen LogP contribution is 2.61. The molecule has 4 bridgehead atoms. The number of hydrogen-bond acceptors (Lipinski definition) is 5. The van der Waals surface area contributed by atoms with Crippen molar-refractivity contribution in [1.82, 2.24) is 15.0 Å². The molecule has 0 amide bonds. The van der Waals surface area contributed by atoms with Crippen LogP contribution in [0, 0.1) is 17.8 Å². The molecule has 260 valence electrons. The third kappa shape index (κ3) is 4.74. The Kier molecular flexibility index (Phi) is 6.45. The van der Waals surface area contributed by atoms with Gasteiger partial charge >= 0.3 is 0 Å². The maximum absolute atomic E-state index is 6.20. The first-order valence-electron chi connectivity index (χ1n) is 19.4. The Labute approximate surface area is 312 Å². The average molecular weight is 700 g/mol. The lowest BCUT2D eigenvalue weighted by Gasteiger charge is -2.57. The molecule has 4 aliphatic carbocycles. The molecule has 9 aromatic rings. The third-order valence-corrected chi connectivity index (χ3v) is 12.9. The van der Waals surface area contributed by atoms with E-state index >= 15 is 0 Å². The number of fused-ring (bicyclic) bond motifs is 6. The van der Waals surface area contributed by atoms with E-state index in [9.17, 15) is 0 Å². The van der Waals surface area contributed by atoms with E-state index in [2.05, 4.69) is 97.1 Å². The van der Waals surface area contributed by atoms with Gasteiger partial charge in [0.2, 0.25) is 0 Å². The number of para-hydroxylation sites is 2. The number of benzene rings is 6. The predicted octanol–water partition coefficient (Wildman–Crippen LogP) is 12.8. The standard InChI is InChI=1S/C49H37N3O2/c1-2-8-32(9-3-1)39-25-35(49-26-29-20-30(27-49)22-31(21-29)28-49)16-17-38(39)48-51-46(33-14-18-44-40(23-33)36-10-4-6-12-42(36)53-44)50-47(52-48)34-15-19-45-41(24-34)37-11-5-7-13-43(37)54-45/h1-19,23-25,29-31H,20-22,26-28H2. The zero-order chi connectivity index (χ0) is 35.4. The largest absolute Gasteiger partial charge is 0.456 e. The Hall–Kier alpha value is -6.07. The van der Waals surface area contributed by atoms with E-state index < -0.39 is 0 Å². The normalized spacial score (nSPS) is 21.9. The molecule has 4 aliphatic rings. The van der Waals surface area contributed by atoms with Crippen molar-refractivity contribution in [1.29, 1.82) is 0 Å². The molecule has 5 heteroatoms. The molecular formula is C49H37N3O2. The molecule has 0 aliphatic heterocycles. The fourth-order valence-corrected chi connectivity index (χ4v) is 10.9. The van der Waals surface area contributed by atoms with Crippen LogP contribution in [0.3, 0.4) is 0 Å². The number of hydrogen-bond donors (Lipinski definition) is 0. The summed E-state index contributed by atoms with van der Waals surface area (Å²) in [5, 5.41) is 4.24. The van der Waals surface area contributed by atoms with Crippen molar-refractivity contribution in [3.8, 4) is 45.3 Å². The van der Waals surface area contributed by atoms with Crippen LogP contribution >= 0.6 is 0 Å². The van der Waals surface area contributed by atoms with Crippen molar-refractivity contribution in [2.45, 2.75) is 43.9 Å². The summed E-state index contributed by atoms with van der Waals surface area (Å²) in [5.74, 6) is 4.55. The van der Waals surface area contributed by atoms with Gasteiger partial charge in [0.25, 0.3) is 0 Å². The summed E-state index contributed by atoms with van der Waals surface area (Å²) in [5.41, 5.74) is 10.4. The molecule has 0 radical (unpaired) electrons. The minimum Gasteiger partial charge on any atom is -0.456 e. The van der Waals surface area contributed by atoms with Crippen molar-refractivity contribution in [2.24, 2.45) is 17.8 Å². The van der Waals surface area contributed by atoms with E-state index in [4.69, 9.17) is 23.8 Å². The fraction of sp³-hybridized carbons (Fsp3) is 0.204. The summed E-state index contributed by atoms with van der Waals surface area (Å²) in [6.45, 7) is 0. The van der Waals surface area contributed by atoms with E-state index in [1.165, 1.54) is 55.2 Å². The lowest BCUT2D eigenvalue weighted by molar-refractivity contribution is -0.00516. The van der Waals surface area contributed by atoms with Gasteiger partial charge in [-0.15, -0.1) is 0 Å². The van der Waals surface area contributed by atoms with Gasteiger partial charge in [0.1, 0.15) is 22.3 Å². The maximum Gasteiger partial charge on any atom is 0.164 e. The summed E-state index contributed by atoms with van der Waals surface area (Å²) in [6.07, 6.45) is 8.26. The summed E-state index contributed by atoms with van der Waals surface area (Å²) in [7, 11) is 0. The lowest BCUT2D eigenvalue weighted by atomic mass is 9.48. The molecule has 0 atom stereocenters. The van der Waals surface area contributed by atoms with Gasteiger partial charge in [-0.2, -0.15) is 0 Å². The molecule has 6 aromatic carbocycles. The molecule has 4 saturated carbocycles. The van der Waals surface area contributed by atoms with E-state index in [-0.39, 0.29) is 5.41 Å². The van der Waals surface area contributed by atoms with Crippen LogP contribution < -0.4 is 0 Å². The highest BCUT2D eigenvalue weighted by molar-refractivity contribution is 6.07. The average Bonchev–Trinajstić information content (AvgIpc) is 3.78. The van der Waals surface area contributed by atoms with Gasteiger partial charge in [-0.3, -0.25) is 0 Å². The second-order valence-corrected chi connectivity index (χ2v) is 16.2. The molecule has 3 heterocycles. The van der Waals surface area contributed by atoms with Crippen LogP contribution in [0.5, 0.6) is 0 Å². The van der Waals surface area contributed by atoms with Crippen molar-refractivity contribution in [3.63, 3.8) is 0 Å². The monoisotopic (exact) mass is 699 g/mol. The number of furan rings is 2.